The molecule has 0 radical (unpaired) electrons. The Morgan fingerprint density at radius 3 is 3.00 bits per heavy atom. The van der Waals surface area contributed by atoms with Gasteiger partial charge in [-0.05, 0) is 45.2 Å². The summed E-state index contributed by atoms with van der Waals surface area (Å²) in [6.45, 7) is 9.76. The molecule has 19 heavy (non-hydrogen) atoms. The molecule has 2 atom stereocenters. The minimum absolute atomic E-state index is 0.338. The van der Waals surface area contributed by atoms with E-state index in [-0.39, 0.29) is 0 Å². The van der Waals surface area contributed by atoms with Crippen molar-refractivity contribution in [3.63, 3.8) is 0 Å². The third-order valence-electron chi connectivity index (χ3n) is 4.24. The number of morpholine rings is 1. The average Bonchev–Trinajstić information content (AvgIpc) is 2.46. The third kappa shape index (κ3) is 4.30. The van der Waals surface area contributed by atoms with Gasteiger partial charge >= 0.3 is 0 Å². The number of nitrogens with one attached hydrogen (secondary N) is 1. The van der Waals surface area contributed by atoms with E-state index in [9.17, 15) is 0 Å². The van der Waals surface area contributed by atoms with Gasteiger partial charge in [0.2, 0.25) is 0 Å². The van der Waals surface area contributed by atoms with E-state index in [0.29, 0.717) is 12.1 Å². The second-order valence-corrected chi connectivity index (χ2v) is 5.77. The fraction of sp³-hybridized carbons (Fsp3) is 0.875. The number of rotatable bonds is 6. The number of hydrogen-bond donors (Lipinski definition) is 1. The van der Waals surface area contributed by atoms with E-state index in [4.69, 9.17) is 4.74 Å². The molecule has 0 bridgehead atoms. The zero-order valence-corrected chi connectivity index (χ0v) is 12.7. The standard InChI is InChI=1S/C16H30N2O/c1-3-10-18-11-12-19-15(13-18)16(17-4-2)14-8-6-5-7-9-14/h8,15-17H,3-7,9-13H2,1-2H3. The van der Waals surface area contributed by atoms with Crippen LogP contribution in [0.4, 0.5) is 0 Å². The molecule has 0 saturated carbocycles. The lowest BCUT2D eigenvalue weighted by Gasteiger charge is -2.38. The summed E-state index contributed by atoms with van der Waals surface area (Å²) in [5, 5.41) is 3.66. The van der Waals surface area contributed by atoms with Gasteiger partial charge in [0.25, 0.3) is 0 Å². The minimum atomic E-state index is 0.338. The monoisotopic (exact) mass is 266 g/mol. The van der Waals surface area contributed by atoms with Gasteiger partial charge in [-0.15, -0.1) is 0 Å². The van der Waals surface area contributed by atoms with Crippen molar-refractivity contribution in [2.24, 2.45) is 0 Å². The van der Waals surface area contributed by atoms with Crippen LogP contribution in [-0.4, -0.2) is 49.8 Å². The number of hydrogen-bond acceptors (Lipinski definition) is 3. The summed E-state index contributed by atoms with van der Waals surface area (Å²) < 4.78 is 6.08. The minimum Gasteiger partial charge on any atom is -0.374 e. The third-order valence-corrected chi connectivity index (χ3v) is 4.24. The van der Waals surface area contributed by atoms with Gasteiger partial charge in [-0.3, -0.25) is 4.90 Å². The second kappa shape index (κ2) is 8.03. The number of allylic oxidation sites excluding steroid dienone is 1. The highest BCUT2D eigenvalue weighted by molar-refractivity contribution is 5.16. The largest absolute Gasteiger partial charge is 0.374 e. The van der Waals surface area contributed by atoms with Crippen LogP contribution in [0.1, 0.15) is 46.0 Å². The Morgan fingerprint density at radius 2 is 2.32 bits per heavy atom. The van der Waals surface area contributed by atoms with Crippen LogP contribution >= 0.6 is 0 Å². The van der Waals surface area contributed by atoms with E-state index in [1.807, 2.05) is 0 Å². The van der Waals surface area contributed by atoms with Crippen molar-refractivity contribution in [1.29, 1.82) is 0 Å². The Labute approximate surface area is 118 Å². The van der Waals surface area contributed by atoms with E-state index in [1.54, 1.807) is 5.57 Å². The first-order valence-corrected chi connectivity index (χ1v) is 8.11. The van der Waals surface area contributed by atoms with Crippen molar-refractivity contribution in [1.82, 2.24) is 10.2 Å². The molecule has 0 aromatic carbocycles. The van der Waals surface area contributed by atoms with Gasteiger partial charge in [0.1, 0.15) is 0 Å². The molecule has 3 heteroatoms. The van der Waals surface area contributed by atoms with E-state index >= 15 is 0 Å². The van der Waals surface area contributed by atoms with Crippen LogP contribution in [0.2, 0.25) is 0 Å². The molecule has 0 spiro atoms. The van der Waals surface area contributed by atoms with Crippen LogP contribution in [-0.2, 0) is 4.74 Å². The summed E-state index contributed by atoms with van der Waals surface area (Å²) >= 11 is 0. The summed E-state index contributed by atoms with van der Waals surface area (Å²) in [7, 11) is 0. The molecule has 3 nitrogen and oxygen atoms in total. The predicted molar refractivity (Wildman–Crippen MR) is 80.5 cm³/mol. The van der Waals surface area contributed by atoms with Gasteiger partial charge in [-0.2, -0.15) is 0 Å². The molecule has 0 aromatic rings. The Kier molecular flexibility index (Phi) is 6.35. The number of nitrogens with zero attached hydrogens (tertiary/aromatic N) is 1. The first-order valence-electron chi connectivity index (χ1n) is 8.11. The summed E-state index contributed by atoms with van der Waals surface area (Å²) in [4.78, 5) is 2.56. The molecule has 2 aliphatic rings. The maximum Gasteiger partial charge on any atom is 0.0893 e. The highest BCUT2D eigenvalue weighted by Crippen LogP contribution is 2.24. The van der Waals surface area contributed by atoms with Gasteiger partial charge in [0, 0.05) is 13.1 Å². The molecule has 1 fully saturated rings. The van der Waals surface area contributed by atoms with Gasteiger partial charge < -0.3 is 10.1 Å². The van der Waals surface area contributed by atoms with Crippen LogP contribution < -0.4 is 5.32 Å². The Morgan fingerprint density at radius 1 is 1.42 bits per heavy atom. The van der Waals surface area contributed by atoms with Crippen LogP contribution in [0.15, 0.2) is 11.6 Å². The highest BCUT2D eigenvalue weighted by atomic mass is 16.5. The first kappa shape index (κ1) is 15.0. The Hall–Kier alpha value is -0.380. The maximum absolute atomic E-state index is 6.08. The zero-order chi connectivity index (χ0) is 13.5. The van der Waals surface area contributed by atoms with E-state index in [1.165, 1.54) is 38.6 Å². The van der Waals surface area contributed by atoms with Crippen molar-refractivity contribution in [2.75, 3.05) is 32.8 Å². The SMILES string of the molecule is CCCN1CCOC(C(NCC)C2=CCCCC2)C1. The maximum atomic E-state index is 6.08. The fourth-order valence-corrected chi connectivity index (χ4v) is 3.32. The van der Waals surface area contributed by atoms with Crippen molar-refractivity contribution < 1.29 is 4.74 Å². The van der Waals surface area contributed by atoms with Gasteiger partial charge in [0.15, 0.2) is 0 Å². The zero-order valence-electron chi connectivity index (χ0n) is 12.7. The van der Waals surface area contributed by atoms with Crippen LogP contribution in [0.5, 0.6) is 0 Å². The van der Waals surface area contributed by atoms with Crippen molar-refractivity contribution in [3.05, 3.63) is 11.6 Å². The topological polar surface area (TPSA) is 24.5 Å². The molecule has 2 unspecified atom stereocenters. The Bertz CT molecular complexity index is 288. The van der Waals surface area contributed by atoms with E-state index in [2.05, 4.69) is 30.1 Å². The van der Waals surface area contributed by atoms with Crippen molar-refractivity contribution in [3.8, 4) is 0 Å². The lowest BCUT2D eigenvalue weighted by molar-refractivity contribution is -0.0407. The smallest absolute Gasteiger partial charge is 0.0893 e. The molecule has 1 heterocycles. The molecule has 1 N–H and O–H groups in total. The van der Waals surface area contributed by atoms with Crippen LogP contribution in [0.3, 0.4) is 0 Å². The lowest BCUT2D eigenvalue weighted by atomic mass is 9.90. The quantitative estimate of drug-likeness (QED) is 0.748. The van der Waals surface area contributed by atoms with Gasteiger partial charge in [-0.1, -0.05) is 25.5 Å². The lowest BCUT2D eigenvalue weighted by Crippen LogP contribution is -2.53. The molecule has 1 aliphatic heterocycles. The average molecular weight is 266 g/mol. The molecule has 2 rings (SSSR count). The molecule has 1 aliphatic carbocycles. The number of ether oxygens (including phenoxy) is 1. The van der Waals surface area contributed by atoms with Gasteiger partial charge in [0.05, 0.1) is 18.8 Å². The van der Waals surface area contributed by atoms with Gasteiger partial charge in [-0.25, -0.2) is 0 Å². The predicted octanol–water partition coefficient (Wildman–Crippen LogP) is 2.58. The fourth-order valence-electron chi connectivity index (χ4n) is 3.32. The van der Waals surface area contributed by atoms with Crippen LogP contribution in [0.25, 0.3) is 0 Å². The second-order valence-electron chi connectivity index (χ2n) is 5.77. The summed E-state index contributed by atoms with van der Waals surface area (Å²) in [6.07, 6.45) is 9.24. The first-order chi connectivity index (χ1) is 9.35. The Balaban J connectivity index is 1.99. The summed E-state index contributed by atoms with van der Waals surface area (Å²) in [5.74, 6) is 0. The molecule has 1 saturated heterocycles. The van der Waals surface area contributed by atoms with Crippen LogP contribution in [0, 0.1) is 0 Å². The molecular formula is C16H30N2O. The number of likely N-dealkylation sites (N-methyl/N-ethyl adjacent to an activating group) is 1. The van der Waals surface area contributed by atoms with E-state index in [0.717, 1.165) is 26.2 Å². The van der Waals surface area contributed by atoms with E-state index < -0.39 is 0 Å². The highest BCUT2D eigenvalue weighted by Gasteiger charge is 2.29. The van der Waals surface area contributed by atoms with Crippen molar-refractivity contribution >= 4 is 0 Å². The normalized spacial score (nSPS) is 27.1. The molecule has 0 amide bonds. The molecule has 110 valence electrons. The molecule has 0 aromatic heterocycles. The summed E-state index contributed by atoms with van der Waals surface area (Å²) in [6, 6.07) is 0.435. The summed E-state index contributed by atoms with van der Waals surface area (Å²) in [5.41, 5.74) is 1.59. The van der Waals surface area contributed by atoms with Crippen molar-refractivity contribution in [2.45, 2.75) is 58.1 Å². The molecular weight excluding hydrogens is 236 g/mol.